The van der Waals surface area contributed by atoms with Crippen LogP contribution in [0.25, 0.3) is 0 Å². The smallest absolute Gasteiger partial charge is 0.227 e. The molecular weight excluding hydrogens is 264 g/mol. The normalized spacial score (nSPS) is 23.7. The molecule has 1 unspecified atom stereocenters. The van der Waals surface area contributed by atoms with Crippen LogP contribution in [0.3, 0.4) is 0 Å². The van der Waals surface area contributed by atoms with E-state index < -0.39 is 0 Å². The second-order valence-electron chi connectivity index (χ2n) is 6.01. The molecule has 1 aromatic carbocycles. The molecule has 1 aromatic rings. The van der Waals surface area contributed by atoms with Crippen molar-refractivity contribution in [2.24, 2.45) is 5.92 Å². The highest BCUT2D eigenvalue weighted by Crippen LogP contribution is 2.25. The molecule has 2 fully saturated rings. The summed E-state index contributed by atoms with van der Waals surface area (Å²) in [5.41, 5.74) is 2.05. The van der Waals surface area contributed by atoms with E-state index in [0.29, 0.717) is 0 Å². The number of nitrogens with one attached hydrogen (secondary N) is 2. The molecule has 1 aliphatic carbocycles. The molecule has 0 radical (unpaired) electrons. The zero-order chi connectivity index (χ0) is 14.5. The molecule has 1 saturated carbocycles. The van der Waals surface area contributed by atoms with E-state index in [2.05, 4.69) is 10.6 Å². The monoisotopic (exact) mass is 288 g/mol. The molecule has 21 heavy (non-hydrogen) atoms. The maximum Gasteiger partial charge on any atom is 0.227 e. The Bertz CT molecular complexity index is 460. The average Bonchev–Trinajstić information content (AvgIpc) is 2.57. The van der Waals surface area contributed by atoms with Crippen molar-refractivity contribution in [2.75, 3.05) is 25.0 Å². The van der Waals surface area contributed by atoms with Gasteiger partial charge in [-0.1, -0.05) is 31.4 Å². The number of carbonyl (C=O) groups excluding carboxylic acids is 1. The fraction of sp³-hybridized carbons (Fsp3) is 0.588. The minimum Gasteiger partial charge on any atom is -0.371 e. The van der Waals surface area contributed by atoms with Crippen LogP contribution in [0.1, 0.15) is 43.8 Å². The zero-order valence-corrected chi connectivity index (χ0v) is 12.4. The zero-order valence-electron chi connectivity index (χ0n) is 12.4. The van der Waals surface area contributed by atoms with Gasteiger partial charge in [-0.15, -0.1) is 0 Å². The van der Waals surface area contributed by atoms with Gasteiger partial charge >= 0.3 is 0 Å². The molecule has 0 bridgehead atoms. The van der Waals surface area contributed by atoms with E-state index >= 15 is 0 Å². The van der Waals surface area contributed by atoms with Crippen LogP contribution in [0.5, 0.6) is 0 Å². The van der Waals surface area contributed by atoms with Gasteiger partial charge in [-0.05, 0) is 30.5 Å². The van der Waals surface area contributed by atoms with Gasteiger partial charge in [0.05, 0.1) is 12.7 Å². The summed E-state index contributed by atoms with van der Waals surface area (Å²) in [6, 6.07) is 8.06. The number of morpholine rings is 1. The van der Waals surface area contributed by atoms with E-state index in [4.69, 9.17) is 4.74 Å². The molecule has 114 valence electrons. The van der Waals surface area contributed by atoms with Crippen LogP contribution < -0.4 is 10.6 Å². The molecule has 1 saturated heterocycles. The molecule has 4 heteroatoms. The highest BCUT2D eigenvalue weighted by molar-refractivity contribution is 5.92. The lowest BCUT2D eigenvalue weighted by atomic mass is 9.88. The Balaban J connectivity index is 1.57. The number of anilines is 1. The van der Waals surface area contributed by atoms with Crippen LogP contribution in [0.15, 0.2) is 24.3 Å². The second-order valence-corrected chi connectivity index (χ2v) is 6.01. The predicted octanol–water partition coefficient (Wildman–Crippen LogP) is 2.87. The van der Waals surface area contributed by atoms with Gasteiger partial charge in [-0.2, -0.15) is 0 Å². The van der Waals surface area contributed by atoms with Crippen LogP contribution in [0.2, 0.25) is 0 Å². The Kier molecular flexibility index (Phi) is 4.88. The van der Waals surface area contributed by atoms with Crippen LogP contribution in [-0.4, -0.2) is 25.6 Å². The predicted molar refractivity (Wildman–Crippen MR) is 83.2 cm³/mol. The number of rotatable bonds is 3. The summed E-state index contributed by atoms with van der Waals surface area (Å²) in [4.78, 5) is 12.2. The van der Waals surface area contributed by atoms with E-state index in [1.54, 1.807) is 0 Å². The number of amides is 1. The molecule has 0 spiro atoms. The quantitative estimate of drug-likeness (QED) is 0.899. The third-order valence-electron chi connectivity index (χ3n) is 4.45. The Labute approximate surface area is 126 Å². The molecule has 4 nitrogen and oxygen atoms in total. The Morgan fingerprint density at radius 1 is 1.14 bits per heavy atom. The van der Waals surface area contributed by atoms with E-state index in [0.717, 1.165) is 43.8 Å². The van der Waals surface area contributed by atoms with Gasteiger partial charge in [0, 0.05) is 24.7 Å². The van der Waals surface area contributed by atoms with E-state index in [1.807, 2.05) is 24.3 Å². The summed E-state index contributed by atoms with van der Waals surface area (Å²) in [6.45, 7) is 2.53. The molecule has 0 aromatic heterocycles. The summed E-state index contributed by atoms with van der Waals surface area (Å²) < 4.78 is 5.73. The number of hydrogen-bond donors (Lipinski definition) is 2. The van der Waals surface area contributed by atoms with Gasteiger partial charge in [0.1, 0.15) is 0 Å². The third kappa shape index (κ3) is 3.83. The number of carbonyl (C=O) groups is 1. The lowest BCUT2D eigenvalue weighted by Gasteiger charge is -2.24. The van der Waals surface area contributed by atoms with Crippen molar-refractivity contribution < 1.29 is 9.53 Å². The molecule has 1 atom stereocenters. The summed E-state index contributed by atoms with van der Waals surface area (Å²) in [6.07, 6.45) is 5.83. The lowest BCUT2D eigenvalue weighted by molar-refractivity contribution is -0.120. The third-order valence-corrected chi connectivity index (χ3v) is 4.45. The van der Waals surface area contributed by atoms with Gasteiger partial charge in [0.25, 0.3) is 0 Å². The van der Waals surface area contributed by atoms with Gasteiger partial charge in [-0.3, -0.25) is 4.79 Å². The highest BCUT2D eigenvalue weighted by Gasteiger charge is 2.21. The first-order valence-electron chi connectivity index (χ1n) is 8.06. The first-order valence-corrected chi connectivity index (χ1v) is 8.06. The minimum absolute atomic E-state index is 0.127. The fourth-order valence-corrected chi connectivity index (χ4v) is 3.17. The Morgan fingerprint density at radius 2 is 1.90 bits per heavy atom. The van der Waals surface area contributed by atoms with Crippen molar-refractivity contribution in [3.05, 3.63) is 29.8 Å². The van der Waals surface area contributed by atoms with Crippen molar-refractivity contribution in [3.8, 4) is 0 Å². The number of benzene rings is 1. The topological polar surface area (TPSA) is 50.4 Å². The summed E-state index contributed by atoms with van der Waals surface area (Å²) in [5, 5.41) is 6.37. The van der Waals surface area contributed by atoms with Crippen LogP contribution in [0.4, 0.5) is 5.69 Å². The molecule has 2 aliphatic rings. The molecule has 2 N–H and O–H groups in total. The minimum atomic E-state index is 0.127. The summed E-state index contributed by atoms with van der Waals surface area (Å²) >= 11 is 0. The van der Waals surface area contributed by atoms with Gasteiger partial charge < -0.3 is 15.4 Å². The van der Waals surface area contributed by atoms with Gasteiger partial charge in [-0.25, -0.2) is 0 Å². The molecule has 1 amide bonds. The van der Waals surface area contributed by atoms with Crippen molar-refractivity contribution in [1.29, 1.82) is 0 Å². The van der Waals surface area contributed by atoms with Crippen molar-refractivity contribution in [3.63, 3.8) is 0 Å². The maximum absolute atomic E-state index is 12.2. The van der Waals surface area contributed by atoms with Crippen molar-refractivity contribution in [1.82, 2.24) is 5.32 Å². The lowest BCUT2D eigenvalue weighted by Crippen LogP contribution is -2.33. The van der Waals surface area contributed by atoms with Crippen LogP contribution in [0, 0.1) is 5.92 Å². The SMILES string of the molecule is O=C(Nc1ccc(C2CNCCO2)cc1)C1CCCCC1. The molecular formula is C17H24N2O2. The fourth-order valence-electron chi connectivity index (χ4n) is 3.17. The van der Waals surface area contributed by atoms with Gasteiger partial charge in [0.2, 0.25) is 5.91 Å². The van der Waals surface area contributed by atoms with Crippen LogP contribution in [-0.2, 0) is 9.53 Å². The van der Waals surface area contributed by atoms with E-state index in [9.17, 15) is 4.79 Å². The number of hydrogen-bond acceptors (Lipinski definition) is 3. The number of ether oxygens (including phenoxy) is 1. The highest BCUT2D eigenvalue weighted by atomic mass is 16.5. The maximum atomic E-state index is 12.2. The first-order chi connectivity index (χ1) is 10.3. The summed E-state index contributed by atoms with van der Waals surface area (Å²) in [7, 11) is 0. The van der Waals surface area contributed by atoms with Crippen LogP contribution >= 0.6 is 0 Å². The summed E-state index contributed by atoms with van der Waals surface area (Å²) in [5.74, 6) is 0.377. The molecule has 3 rings (SSSR count). The van der Waals surface area contributed by atoms with Crippen molar-refractivity contribution in [2.45, 2.75) is 38.2 Å². The molecule has 1 heterocycles. The van der Waals surface area contributed by atoms with Crippen molar-refractivity contribution >= 4 is 11.6 Å². The van der Waals surface area contributed by atoms with E-state index in [1.165, 1.54) is 19.3 Å². The van der Waals surface area contributed by atoms with E-state index in [-0.39, 0.29) is 17.9 Å². The van der Waals surface area contributed by atoms with Gasteiger partial charge in [0.15, 0.2) is 0 Å². The first kappa shape index (κ1) is 14.5. The molecule has 1 aliphatic heterocycles. The largest absolute Gasteiger partial charge is 0.371 e. The standard InChI is InChI=1S/C17H24N2O2/c20-17(14-4-2-1-3-5-14)19-15-8-6-13(7-9-15)16-12-18-10-11-21-16/h6-9,14,16,18H,1-5,10-12H2,(H,19,20). The second kappa shape index (κ2) is 7.05. The Hall–Kier alpha value is -1.39. The average molecular weight is 288 g/mol. The Morgan fingerprint density at radius 3 is 2.57 bits per heavy atom.